The fourth-order valence-corrected chi connectivity index (χ4v) is 1.65. The molecule has 0 aliphatic rings. The van der Waals surface area contributed by atoms with Gasteiger partial charge in [0.1, 0.15) is 0 Å². The van der Waals surface area contributed by atoms with Gasteiger partial charge in [0, 0.05) is 13.6 Å². The summed E-state index contributed by atoms with van der Waals surface area (Å²) in [6.07, 6.45) is 2.63. The first-order valence-corrected chi connectivity index (χ1v) is 5.93. The molecule has 1 heterocycles. The number of carbonyl (C=O) groups excluding carboxylic acids is 1. The second-order valence-corrected chi connectivity index (χ2v) is 4.60. The van der Waals surface area contributed by atoms with E-state index in [0.29, 0.717) is 17.2 Å². The normalized spacial score (nSPS) is 12.2. The van der Waals surface area contributed by atoms with Gasteiger partial charge >= 0.3 is 0 Å². The van der Waals surface area contributed by atoms with Crippen LogP contribution in [0.2, 0.25) is 0 Å². The second-order valence-electron chi connectivity index (χ2n) is 4.60. The number of carbonyl (C=O) groups is 1. The van der Waals surface area contributed by atoms with Gasteiger partial charge in [0.15, 0.2) is 0 Å². The summed E-state index contributed by atoms with van der Waals surface area (Å²) in [7, 11) is 1.82. The smallest absolute Gasteiger partial charge is 0.255 e. The van der Waals surface area contributed by atoms with E-state index in [-0.39, 0.29) is 5.91 Å². The van der Waals surface area contributed by atoms with Gasteiger partial charge in [0.2, 0.25) is 0 Å². The van der Waals surface area contributed by atoms with Gasteiger partial charge in [-0.1, -0.05) is 20.3 Å². The lowest BCUT2D eigenvalue weighted by Crippen LogP contribution is -2.31. The van der Waals surface area contributed by atoms with Crippen molar-refractivity contribution in [2.45, 2.75) is 27.2 Å². The third-order valence-corrected chi connectivity index (χ3v) is 2.97. The maximum atomic E-state index is 12.2. The fraction of sp³-hybridized carbons (Fsp3) is 0.538. The SMILES string of the molecule is CCC(C)CN(C)C(=O)c1cc(N)cnc1C. The van der Waals surface area contributed by atoms with E-state index < -0.39 is 0 Å². The number of anilines is 1. The van der Waals surface area contributed by atoms with Crippen LogP contribution in [0.25, 0.3) is 0 Å². The lowest BCUT2D eigenvalue weighted by Gasteiger charge is -2.21. The predicted octanol–water partition coefficient (Wildman–Crippen LogP) is 2.09. The fourth-order valence-electron chi connectivity index (χ4n) is 1.65. The van der Waals surface area contributed by atoms with Crippen molar-refractivity contribution in [1.82, 2.24) is 9.88 Å². The third-order valence-electron chi connectivity index (χ3n) is 2.97. The molecule has 94 valence electrons. The second kappa shape index (κ2) is 5.66. The van der Waals surface area contributed by atoms with Crippen LogP contribution >= 0.6 is 0 Å². The van der Waals surface area contributed by atoms with E-state index in [2.05, 4.69) is 18.8 Å². The number of hydrogen-bond acceptors (Lipinski definition) is 3. The Morgan fingerprint density at radius 1 is 1.59 bits per heavy atom. The standard InChI is InChI=1S/C13H21N3O/c1-5-9(2)8-16(4)13(17)12-6-11(14)7-15-10(12)3/h6-7,9H,5,8,14H2,1-4H3. The van der Waals surface area contributed by atoms with Crippen LogP contribution in [-0.2, 0) is 0 Å². The van der Waals surface area contributed by atoms with Crippen molar-refractivity contribution < 1.29 is 4.79 Å². The van der Waals surface area contributed by atoms with E-state index in [4.69, 9.17) is 5.73 Å². The molecule has 0 saturated carbocycles. The van der Waals surface area contributed by atoms with Crippen LogP contribution in [0.15, 0.2) is 12.3 Å². The van der Waals surface area contributed by atoms with Crippen molar-refractivity contribution in [2.75, 3.05) is 19.3 Å². The highest BCUT2D eigenvalue weighted by Gasteiger charge is 2.16. The first-order valence-electron chi connectivity index (χ1n) is 5.93. The van der Waals surface area contributed by atoms with Crippen LogP contribution < -0.4 is 5.73 Å². The quantitative estimate of drug-likeness (QED) is 0.869. The van der Waals surface area contributed by atoms with Gasteiger partial charge in [0.25, 0.3) is 5.91 Å². The molecule has 4 nitrogen and oxygen atoms in total. The summed E-state index contributed by atoms with van der Waals surface area (Å²) in [6, 6.07) is 1.69. The van der Waals surface area contributed by atoms with E-state index in [1.807, 2.05) is 14.0 Å². The molecule has 1 atom stereocenters. The Bertz CT molecular complexity index is 404. The summed E-state index contributed by atoms with van der Waals surface area (Å²) < 4.78 is 0. The lowest BCUT2D eigenvalue weighted by atomic mass is 10.1. The highest BCUT2D eigenvalue weighted by atomic mass is 16.2. The molecule has 17 heavy (non-hydrogen) atoms. The number of nitrogens with zero attached hydrogens (tertiary/aromatic N) is 2. The van der Waals surface area contributed by atoms with Crippen molar-refractivity contribution in [2.24, 2.45) is 5.92 Å². The molecule has 0 fully saturated rings. The highest BCUT2D eigenvalue weighted by Crippen LogP contribution is 2.13. The topological polar surface area (TPSA) is 59.2 Å². The van der Waals surface area contributed by atoms with Crippen molar-refractivity contribution in [1.29, 1.82) is 0 Å². The largest absolute Gasteiger partial charge is 0.397 e. The number of rotatable bonds is 4. The molecular formula is C13H21N3O. The summed E-state index contributed by atoms with van der Waals surface area (Å²) in [5.41, 5.74) is 7.50. The number of amides is 1. The molecule has 0 spiro atoms. The Hall–Kier alpha value is -1.58. The minimum absolute atomic E-state index is 0.0115. The van der Waals surface area contributed by atoms with Gasteiger partial charge < -0.3 is 10.6 Å². The average molecular weight is 235 g/mol. The molecule has 0 bridgehead atoms. The number of aromatic nitrogens is 1. The van der Waals surface area contributed by atoms with E-state index in [0.717, 1.165) is 18.7 Å². The van der Waals surface area contributed by atoms with Crippen LogP contribution in [0.5, 0.6) is 0 Å². The molecule has 1 aromatic rings. The number of nitrogen functional groups attached to an aromatic ring is 1. The zero-order valence-corrected chi connectivity index (χ0v) is 11.0. The number of hydrogen-bond donors (Lipinski definition) is 1. The maximum absolute atomic E-state index is 12.2. The minimum atomic E-state index is -0.0115. The minimum Gasteiger partial charge on any atom is -0.397 e. The van der Waals surface area contributed by atoms with Gasteiger partial charge in [-0.25, -0.2) is 0 Å². The van der Waals surface area contributed by atoms with E-state index >= 15 is 0 Å². The number of pyridine rings is 1. The Balaban J connectivity index is 2.85. The summed E-state index contributed by atoms with van der Waals surface area (Å²) in [6.45, 7) is 6.83. The Labute approximate surface area is 103 Å². The summed E-state index contributed by atoms with van der Waals surface area (Å²) in [5.74, 6) is 0.487. The predicted molar refractivity (Wildman–Crippen MR) is 69.8 cm³/mol. The Morgan fingerprint density at radius 2 is 2.24 bits per heavy atom. The molecule has 0 radical (unpaired) electrons. The zero-order chi connectivity index (χ0) is 13.0. The maximum Gasteiger partial charge on any atom is 0.255 e. The van der Waals surface area contributed by atoms with Crippen molar-refractivity contribution in [3.05, 3.63) is 23.5 Å². The Kier molecular flexibility index (Phi) is 4.49. The first-order chi connectivity index (χ1) is 7.95. The average Bonchev–Trinajstić information content (AvgIpc) is 2.31. The summed E-state index contributed by atoms with van der Waals surface area (Å²) >= 11 is 0. The van der Waals surface area contributed by atoms with Crippen LogP contribution in [0, 0.1) is 12.8 Å². The van der Waals surface area contributed by atoms with E-state index in [9.17, 15) is 4.79 Å². The van der Waals surface area contributed by atoms with Gasteiger partial charge in [0.05, 0.1) is 23.1 Å². The van der Waals surface area contributed by atoms with Crippen LogP contribution in [-0.4, -0.2) is 29.4 Å². The summed E-state index contributed by atoms with van der Waals surface area (Å²) in [5, 5.41) is 0. The van der Waals surface area contributed by atoms with Gasteiger partial charge in [-0.2, -0.15) is 0 Å². The molecule has 2 N–H and O–H groups in total. The van der Waals surface area contributed by atoms with Gasteiger partial charge in [-0.05, 0) is 18.9 Å². The van der Waals surface area contributed by atoms with Crippen molar-refractivity contribution in [3.63, 3.8) is 0 Å². The molecule has 1 unspecified atom stereocenters. The molecule has 4 heteroatoms. The monoisotopic (exact) mass is 235 g/mol. The molecule has 0 aliphatic heterocycles. The number of aryl methyl sites for hydroxylation is 1. The molecule has 1 amide bonds. The molecule has 0 saturated heterocycles. The molecular weight excluding hydrogens is 214 g/mol. The van der Waals surface area contributed by atoms with Crippen molar-refractivity contribution in [3.8, 4) is 0 Å². The molecule has 1 rings (SSSR count). The zero-order valence-electron chi connectivity index (χ0n) is 11.0. The Morgan fingerprint density at radius 3 is 2.82 bits per heavy atom. The van der Waals surface area contributed by atoms with Crippen LogP contribution in [0.4, 0.5) is 5.69 Å². The third kappa shape index (κ3) is 3.44. The number of nitrogens with two attached hydrogens (primary N) is 1. The molecule has 0 aromatic carbocycles. The van der Waals surface area contributed by atoms with Crippen LogP contribution in [0.1, 0.15) is 36.3 Å². The highest BCUT2D eigenvalue weighted by molar-refractivity contribution is 5.95. The lowest BCUT2D eigenvalue weighted by molar-refractivity contribution is 0.0774. The van der Waals surface area contributed by atoms with E-state index in [1.165, 1.54) is 0 Å². The van der Waals surface area contributed by atoms with Crippen molar-refractivity contribution >= 4 is 11.6 Å². The molecule has 1 aromatic heterocycles. The summed E-state index contributed by atoms with van der Waals surface area (Å²) in [4.78, 5) is 18.0. The van der Waals surface area contributed by atoms with Crippen LogP contribution in [0.3, 0.4) is 0 Å². The van der Waals surface area contributed by atoms with E-state index in [1.54, 1.807) is 17.2 Å². The first kappa shape index (κ1) is 13.5. The van der Waals surface area contributed by atoms with Gasteiger partial charge in [-0.15, -0.1) is 0 Å². The van der Waals surface area contributed by atoms with Gasteiger partial charge in [-0.3, -0.25) is 9.78 Å². The molecule has 0 aliphatic carbocycles.